The van der Waals surface area contributed by atoms with Crippen molar-refractivity contribution in [3.05, 3.63) is 23.9 Å². The lowest BCUT2D eigenvalue weighted by atomic mass is 9.78. The fourth-order valence-electron chi connectivity index (χ4n) is 4.42. The molecule has 176 valence electrons. The Bertz CT molecular complexity index is 700. The number of aliphatic imine (C=N–C) groups is 1. The summed E-state index contributed by atoms with van der Waals surface area (Å²) in [7, 11) is 4.00. The maximum Gasteiger partial charge on any atom is 0.191 e. The van der Waals surface area contributed by atoms with Crippen LogP contribution in [0.4, 0.5) is 5.82 Å². The molecule has 2 atom stereocenters. The van der Waals surface area contributed by atoms with Gasteiger partial charge in [0, 0.05) is 65.0 Å². The lowest BCUT2D eigenvalue weighted by Crippen LogP contribution is -2.47. The third-order valence-electron chi connectivity index (χ3n) is 6.15. The standard InChI is InChI=1S/C23H40N6O.HI/c1-23(2,3)21-19(7-6-14-30-21)17-27-22(24-4)26-16-18-8-9-25-20(15-18)29-12-10-28(5)11-13-29;/h8-9,15,19,21H,6-7,10-14,16-17H2,1-5H3,(H2,24,26,27);1H. The highest BCUT2D eigenvalue weighted by Gasteiger charge is 2.35. The number of pyridine rings is 1. The van der Waals surface area contributed by atoms with E-state index in [0.29, 0.717) is 5.92 Å². The summed E-state index contributed by atoms with van der Waals surface area (Å²) in [5.74, 6) is 2.41. The van der Waals surface area contributed by atoms with E-state index in [1.54, 1.807) is 0 Å². The van der Waals surface area contributed by atoms with E-state index in [-0.39, 0.29) is 35.5 Å². The van der Waals surface area contributed by atoms with E-state index >= 15 is 0 Å². The monoisotopic (exact) mass is 544 g/mol. The molecule has 0 saturated carbocycles. The van der Waals surface area contributed by atoms with Crippen LogP contribution in [-0.4, -0.2) is 75.4 Å². The Morgan fingerprint density at radius 3 is 2.65 bits per heavy atom. The van der Waals surface area contributed by atoms with Gasteiger partial charge in [0.15, 0.2) is 5.96 Å². The Hall–Kier alpha value is -1.13. The molecule has 2 fully saturated rings. The van der Waals surface area contributed by atoms with Crippen LogP contribution in [-0.2, 0) is 11.3 Å². The molecule has 2 N–H and O–H groups in total. The number of ether oxygens (including phenoxy) is 1. The molecular formula is C23H41IN6O. The molecule has 0 spiro atoms. The van der Waals surface area contributed by atoms with Crippen LogP contribution >= 0.6 is 24.0 Å². The van der Waals surface area contributed by atoms with Crippen LogP contribution < -0.4 is 15.5 Å². The quantitative estimate of drug-likeness (QED) is 0.338. The first-order valence-electron chi connectivity index (χ1n) is 11.3. The number of rotatable bonds is 5. The largest absolute Gasteiger partial charge is 0.377 e. The summed E-state index contributed by atoms with van der Waals surface area (Å²) in [4.78, 5) is 13.7. The van der Waals surface area contributed by atoms with Crippen LogP contribution in [0.15, 0.2) is 23.3 Å². The highest BCUT2D eigenvalue weighted by Crippen LogP contribution is 2.33. The van der Waals surface area contributed by atoms with Gasteiger partial charge in [-0.3, -0.25) is 4.99 Å². The van der Waals surface area contributed by atoms with Crippen LogP contribution in [0.25, 0.3) is 0 Å². The van der Waals surface area contributed by atoms with Gasteiger partial charge >= 0.3 is 0 Å². The van der Waals surface area contributed by atoms with Crippen LogP contribution in [0, 0.1) is 11.3 Å². The van der Waals surface area contributed by atoms with Gasteiger partial charge in [0.1, 0.15) is 5.82 Å². The highest BCUT2D eigenvalue weighted by atomic mass is 127. The average molecular weight is 545 g/mol. The number of guanidine groups is 1. The van der Waals surface area contributed by atoms with Gasteiger partial charge in [-0.05, 0) is 43.0 Å². The summed E-state index contributed by atoms with van der Waals surface area (Å²) >= 11 is 0. The van der Waals surface area contributed by atoms with Gasteiger partial charge < -0.3 is 25.2 Å². The van der Waals surface area contributed by atoms with E-state index in [0.717, 1.165) is 64.1 Å². The number of nitrogens with zero attached hydrogens (tertiary/aromatic N) is 4. The van der Waals surface area contributed by atoms with E-state index < -0.39 is 0 Å². The van der Waals surface area contributed by atoms with Crippen molar-refractivity contribution >= 4 is 35.8 Å². The molecule has 31 heavy (non-hydrogen) atoms. The molecule has 0 amide bonds. The summed E-state index contributed by atoms with van der Waals surface area (Å²) in [6.07, 6.45) is 4.53. The summed E-state index contributed by atoms with van der Waals surface area (Å²) in [5, 5.41) is 6.98. The van der Waals surface area contributed by atoms with Crippen molar-refractivity contribution in [2.24, 2.45) is 16.3 Å². The van der Waals surface area contributed by atoms with E-state index in [9.17, 15) is 0 Å². The molecule has 0 radical (unpaired) electrons. The van der Waals surface area contributed by atoms with Crippen LogP contribution in [0.2, 0.25) is 0 Å². The van der Waals surface area contributed by atoms with Crippen molar-refractivity contribution in [3.8, 4) is 0 Å². The summed E-state index contributed by atoms with van der Waals surface area (Å²) < 4.78 is 6.11. The number of piperazine rings is 1. The molecule has 3 rings (SSSR count). The van der Waals surface area contributed by atoms with Gasteiger partial charge in [0.25, 0.3) is 0 Å². The van der Waals surface area contributed by atoms with Gasteiger partial charge in [-0.25, -0.2) is 4.98 Å². The summed E-state index contributed by atoms with van der Waals surface area (Å²) in [6, 6.07) is 4.26. The SMILES string of the molecule is CN=C(NCc1ccnc(N2CCN(C)CC2)c1)NCC1CCCOC1C(C)(C)C.I. The fourth-order valence-corrected chi connectivity index (χ4v) is 4.42. The predicted octanol–water partition coefficient (Wildman–Crippen LogP) is 2.96. The number of hydrogen-bond donors (Lipinski definition) is 2. The van der Waals surface area contributed by atoms with E-state index in [1.165, 1.54) is 12.0 Å². The predicted molar refractivity (Wildman–Crippen MR) is 139 cm³/mol. The second kappa shape index (κ2) is 12.2. The van der Waals surface area contributed by atoms with Crippen molar-refractivity contribution in [1.82, 2.24) is 20.5 Å². The second-order valence-corrected chi connectivity index (χ2v) is 9.68. The average Bonchev–Trinajstić information content (AvgIpc) is 2.74. The van der Waals surface area contributed by atoms with Crippen molar-refractivity contribution in [2.45, 2.75) is 46.3 Å². The molecule has 1 aromatic heterocycles. The minimum atomic E-state index is 0. The van der Waals surface area contributed by atoms with Gasteiger partial charge in [-0.15, -0.1) is 24.0 Å². The molecule has 2 saturated heterocycles. The normalized spacial score (nSPS) is 23.3. The lowest BCUT2D eigenvalue weighted by molar-refractivity contribution is -0.0835. The maximum absolute atomic E-state index is 6.11. The molecule has 2 unspecified atom stereocenters. The minimum absolute atomic E-state index is 0. The number of likely N-dealkylation sites (N-methyl/N-ethyl adjacent to an activating group) is 1. The highest BCUT2D eigenvalue weighted by molar-refractivity contribution is 14.0. The van der Waals surface area contributed by atoms with Crippen LogP contribution in [0.3, 0.4) is 0 Å². The molecule has 1 aromatic rings. The Labute approximate surface area is 205 Å². The fraction of sp³-hybridized carbons (Fsp3) is 0.739. The van der Waals surface area contributed by atoms with Gasteiger partial charge in [-0.1, -0.05) is 20.8 Å². The Morgan fingerprint density at radius 1 is 1.23 bits per heavy atom. The molecule has 8 heteroatoms. The Kier molecular flexibility index (Phi) is 10.3. The lowest BCUT2D eigenvalue weighted by Gasteiger charge is -2.40. The third-order valence-corrected chi connectivity index (χ3v) is 6.15. The topological polar surface area (TPSA) is 65.0 Å². The molecule has 0 aromatic carbocycles. The van der Waals surface area contributed by atoms with Crippen LogP contribution in [0.5, 0.6) is 0 Å². The first-order valence-corrected chi connectivity index (χ1v) is 11.3. The summed E-state index contributed by atoms with van der Waals surface area (Å²) in [6.45, 7) is 13.5. The molecular weight excluding hydrogens is 503 g/mol. The van der Waals surface area contributed by atoms with Gasteiger partial charge in [0.2, 0.25) is 0 Å². The molecule has 2 aliphatic heterocycles. The second-order valence-electron chi connectivity index (χ2n) is 9.68. The smallest absolute Gasteiger partial charge is 0.191 e. The van der Waals surface area contributed by atoms with Gasteiger partial charge in [0.05, 0.1) is 6.10 Å². The number of aromatic nitrogens is 1. The Balaban J connectivity index is 0.00000341. The van der Waals surface area contributed by atoms with E-state index in [2.05, 4.69) is 70.4 Å². The molecule has 3 heterocycles. The van der Waals surface area contributed by atoms with Gasteiger partial charge in [-0.2, -0.15) is 0 Å². The third kappa shape index (κ3) is 7.75. The maximum atomic E-state index is 6.11. The van der Waals surface area contributed by atoms with Crippen molar-refractivity contribution in [3.63, 3.8) is 0 Å². The molecule has 0 bridgehead atoms. The first-order chi connectivity index (χ1) is 14.4. The molecule has 0 aliphatic carbocycles. The van der Waals surface area contributed by atoms with E-state index in [1.807, 2.05) is 13.2 Å². The minimum Gasteiger partial charge on any atom is -0.377 e. The van der Waals surface area contributed by atoms with Crippen molar-refractivity contribution in [2.75, 3.05) is 58.3 Å². The van der Waals surface area contributed by atoms with Crippen molar-refractivity contribution < 1.29 is 4.74 Å². The molecule has 2 aliphatic rings. The zero-order valence-electron chi connectivity index (χ0n) is 19.9. The Morgan fingerprint density at radius 2 is 1.97 bits per heavy atom. The molecule has 7 nitrogen and oxygen atoms in total. The van der Waals surface area contributed by atoms with Crippen LogP contribution in [0.1, 0.15) is 39.2 Å². The summed E-state index contributed by atoms with van der Waals surface area (Å²) in [5.41, 5.74) is 1.37. The zero-order chi connectivity index (χ0) is 21.6. The number of halogens is 1. The first kappa shape index (κ1) is 26.1. The van der Waals surface area contributed by atoms with Crippen molar-refractivity contribution in [1.29, 1.82) is 0 Å². The van der Waals surface area contributed by atoms with E-state index in [4.69, 9.17) is 4.74 Å². The number of nitrogens with one attached hydrogen (secondary N) is 2. The zero-order valence-corrected chi connectivity index (χ0v) is 22.2. The number of anilines is 1. The number of hydrogen-bond acceptors (Lipinski definition) is 5.